The van der Waals surface area contributed by atoms with Gasteiger partial charge in [0.05, 0.1) is 0 Å². The molecule has 1 saturated heterocycles. The van der Waals surface area contributed by atoms with E-state index >= 15 is 0 Å². The summed E-state index contributed by atoms with van der Waals surface area (Å²) in [6.07, 6.45) is -5.87. The monoisotopic (exact) mass is 578 g/mol. The minimum atomic E-state index is -1.87. The molecule has 1 fully saturated rings. The lowest BCUT2D eigenvalue weighted by Crippen LogP contribution is -2.60. The van der Waals surface area contributed by atoms with Crippen LogP contribution in [0.2, 0.25) is 0 Å². The van der Waals surface area contributed by atoms with Crippen molar-refractivity contribution in [1.82, 2.24) is 0 Å². The van der Waals surface area contributed by atoms with Crippen LogP contribution in [0.4, 0.5) is 0 Å². The third-order valence-corrected chi connectivity index (χ3v) is 6.55. The van der Waals surface area contributed by atoms with E-state index in [-0.39, 0.29) is 33.8 Å². The Morgan fingerprint density at radius 1 is 0.881 bits per heavy atom. The molecule has 0 bridgehead atoms. The van der Waals surface area contributed by atoms with Gasteiger partial charge in [0.15, 0.2) is 5.76 Å². The number of hydrogen-bond donors (Lipinski definition) is 6. The van der Waals surface area contributed by atoms with Gasteiger partial charge in [-0.25, -0.2) is 4.79 Å². The molecule has 3 aromatic carbocycles. The minimum Gasteiger partial charge on any atom is -0.508 e. The lowest BCUT2D eigenvalue weighted by atomic mass is 9.99. The molecule has 0 radical (unpaired) electrons. The minimum absolute atomic E-state index is 0.0845. The van der Waals surface area contributed by atoms with E-state index in [2.05, 4.69) is 0 Å². The van der Waals surface area contributed by atoms with Crippen molar-refractivity contribution < 1.29 is 54.1 Å². The smallest absolute Gasteiger partial charge is 0.330 e. The highest BCUT2D eigenvalue weighted by Crippen LogP contribution is 2.37. The maximum atomic E-state index is 13.5. The Balaban J connectivity index is 1.43. The second kappa shape index (κ2) is 11.9. The summed E-state index contributed by atoms with van der Waals surface area (Å²) in [6.45, 7) is -0.542. The predicted molar refractivity (Wildman–Crippen MR) is 147 cm³/mol. The Morgan fingerprint density at radius 3 is 2.31 bits per heavy atom. The van der Waals surface area contributed by atoms with Crippen LogP contribution in [0.1, 0.15) is 5.56 Å². The first-order chi connectivity index (χ1) is 20.1. The Labute approximate surface area is 237 Å². The van der Waals surface area contributed by atoms with Gasteiger partial charge in [0.2, 0.25) is 17.5 Å². The molecule has 4 aromatic rings. The molecular weight excluding hydrogens is 552 g/mol. The van der Waals surface area contributed by atoms with Crippen LogP contribution < -0.4 is 10.2 Å². The molecule has 1 aliphatic heterocycles. The standard InChI is InChI=1S/C30H26O12/c31-17-9-7-16(8-10-17)28-29(25(36)23-19(33)12-18(32)13-20(23)40-28)42-30-27(38)26(37)24(35)21(41-30)14-39-22(34)11-6-15-4-2-1-3-5-15/h1-13,21,24,26-27,30-33,35,37-38H,14H2/b11-6+/t21-,24-,26+,27-,30+/m1/s1. The van der Waals surface area contributed by atoms with Gasteiger partial charge < -0.3 is 49.3 Å². The number of carbonyl (C=O) groups excluding carboxylic acids is 1. The van der Waals surface area contributed by atoms with Gasteiger partial charge in [-0.05, 0) is 35.9 Å². The van der Waals surface area contributed by atoms with Crippen LogP contribution in [-0.2, 0) is 14.3 Å². The fourth-order valence-electron chi connectivity index (χ4n) is 4.39. The number of benzene rings is 3. The summed E-state index contributed by atoms with van der Waals surface area (Å²) in [5, 5.41) is 61.2. The maximum Gasteiger partial charge on any atom is 0.330 e. The van der Waals surface area contributed by atoms with Crippen LogP contribution in [0.25, 0.3) is 28.4 Å². The Hall–Kier alpha value is -4.88. The highest BCUT2D eigenvalue weighted by molar-refractivity contribution is 5.88. The highest BCUT2D eigenvalue weighted by Gasteiger charge is 2.46. The summed E-state index contributed by atoms with van der Waals surface area (Å²) in [4.78, 5) is 25.8. The first-order valence-electron chi connectivity index (χ1n) is 12.7. The Kier molecular flexibility index (Phi) is 8.13. The van der Waals surface area contributed by atoms with E-state index in [1.165, 1.54) is 30.3 Å². The number of esters is 1. The molecule has 1 aromatic heterocycles. The lowest BCUT2D eigenvalue weighted by Gasteiger charge is -2.39. The van der Waals surface area contributed by atoms with Crippen molar-refractivity contribution in [3.8, 4) is 34.3 Å². The van der Waals surface area contributed by atoms with Gasteiger partial charge in [-0.15, -0.1) is 0 Å². The van der Waals surface area contributed by atoms with Crippen molar-refractivity contribution >= 4 is 23.0 Å². The average Bonchev–Trinajstić information content (AvgIpc) is 2.97. The number of hydrogen-bond acceptors (Lipinski definition) is 12. The SMILES string of the molecule is O=C(/C=C/c1ccccc1)OC[C@H]1O[C@@H](Oc2c(-c3ccc(O)cc3)oc3cc(O)cc(O)c3c2=O)[C@H](O)[C@@H](O)[C@@H]1O. The summed E-state index contributed by atoms with van der Waals surface area (Å²) in [6, 6.07) is 16.4. The Bertz CT molecular complexity index is 1660. The fourth-order valence-corrected chi connectivity index (χ4v) is 4.39. The molecule has 6 N–H and O–H groups in total. The first-order valence-corrected chi connectivity index (χ1v) is 12.7. The number of carbonyl (C=O) groups is 1. The van der Waals surface area contributed by atoms with Crippen LogP contribution in [-0.4, -0.2) is 73.9 Å². The summed E-state index contributed by atoms with van der Waals surface area (Å²) in [5.41, 5.74) is -0.134. The van der Waals surface area contributed by atoms with Gasteiger partial charge in [0.25, 0.3) is 0 Å². The van der Waals surface area contributed by atoms with Crippen molar-refractivity contribution in [3.05, 3.63) is 88.6 Å². The van der Waals surface area contributed by atoms with Gasteiger partial charge >= 0.3 is 5.97 Å². The van der Waals surface area contributed by atoms with E-state index in [0.717, 1.165) is 23.8 Å². The van der Waals surface area contributed by atoms with Gasteiger partial charge in [-0.3, -0.25) is 4.79 Å². The number of aliphatic hydroxyl groups is 3. The number of ether oxygens (including phenoxy) is 3. The third kappa shape index (κ3) is 5.92. The van der Waals surface area contributed by atoms with Crippen molar-refractivity contribution in [2.24, 2.45) is 0 Å². The quantitative estimate of drug-likeness (QED) is 0.138. The number of aliphatic hydroxyl groups excluding tert-OH is 3. The van der Waals surface area contributed by atoms with Gasteiger partial charge in [0.1, 0.15) is 59.2 Å². The topological polar surface area (TPSA) is 196 Å². The molecule has 218 valence electrons. The van der Waals surface area contributed by atoms with Gasteiger partial charge in [-0.1, -0.05) is 30.3 Å². The fraction of sp³-hybridized carbons (Fsp3) is 0.200. The summed E-state index contributed by atoms with van der Waals surface area (Å²) in [5.74, 6) is -2.62. The average molecular weight is 579 g/mol. The van der Waals surface area contributed by atoms with E-state index in [1.54, 1.807) is 24.3 Å². The predicted octanol–water partition coefficient (Wildman–Crippen LogP) is 2.02. The summed E-state index contributed by atoms with van der Waals surface area (Å²) >= 11 is 0. The second-order valence-electron chi connectivity index (χ2n) is 9.48. The van der Waals surface area contributed by atoms with Gasteiger partial charge in [0, 0.05) is 23.8 Å². The molecule has 2 heterocycles. The number of phenols is 3. The zero-order valence-corrected chi connectivity index (χ0v) is 21.7. The van der Waals surface area contributed by atoms with Crippen molar-refractivity contribution in [2.45, 2.75) is 30.7 Å². The molecule has 12 heteroatoms. The maximum absolute atomic E-state index is 13.5. The Morgan fingerprint density at radius 2 is 1.60 bits per heavy atom. The van der Waals surface area contributed by atoms with Crippen LogP contribution in [0.5, 0.6) is 23.0 Å². The molecule has 1 aliphatic rings. The van der Waals surface area contributed by atoms with Gasteiger partial charge in [-0.2, -0.15) is 0 Å². The van der Waals surface area contributed by atoms with E-state index in [9.17, 15) is 40.2 Å². The van der Waals surface area contributed by atoms with Crippen molar-refractivity contribution in [3.63, 3.8) is 0 Å². The van der Waals surface area contributed by atoms with Crippen LogP contribution in [0, 0.1) is 0 Å². The molecule has 5 rings (SSSR count). The summed E-state index contributed by atoms with van der Waals surface area (Å²) in [7, 11) is 0. The van der Waals surface area contributed by atoms with E-state index in [1.807, 2.05) is 6.07 Å². The number of fused-ring (bicyclic) bond motifs is 1. The zero-order chi connectivity index (χ0) is 30.0. The molecule has 42 heavy (non-hydrogen) atoms. The number of phenolic OH excluding ortho intramolecular Hbond substituents is 3. The molecule has 0 spiro atoms. The number of aromatic hydroxyl groups is 3. The van der Waals surface area contributed by atoms with Crippen LogP contribution in [0.15, 0.2) is 82.0 Å². The number of rotatable bonds is 7. The molecule has 0 amide bonds. The zero-order valence-electron chi connectivity index (χ0n) is 21.7. The van der Waals surface area contributed by atoms with E-state index in [4.69, 9.17) is 18.6 Å². The molecule has 12 nitrogen and oxygen atoms in total. The molecule has 0 aliphatic carbocycles. The van der Waals surface area contributed by atoms with E-state index < -0.39 is 60.2 Å². The second-order valence-corrected chi connectivity index (χ2v) is 9.48. The third-order valence-electron chi connectivity index (χ3n) is 6.55. The molecule has 0 unspecified atom stereocenters. The van der Waals surface area contributed by atoms with Crippen LogP contribution >= 0.6 is 0 Å². The normalized spacial score (nSPS) is 22.3. The van der Waals surface area contributed by atoms with E-state index in [0.29, 0.717) is 0 Å². The van der Waals surface area contributed by atoms with Crippen LogP contribution in [0.3, 0.4) is 0 Å². The largest absolute Gasteiger partial charge is 0.508 e. The molecule has 0 saturated carbocycles. The summed E-state index contributed by atoms with van der Waals surface area (Å²) < 4.78 is 22.3. The lowest BCUT2D eigenvalue weighted by molar-refractivity contribution is -0.278. The van der Waals surface area contributed by atoms with Crippen molar-refractivity contribution in [2.75, 3.05) is 6.61 Å². The highest BCUT2D eigenvalue weighted by atomic mass is 16.7. The first kappa shape index (κ1) is 28.6. The van der Waals surface area contributed by atoms with Crippen molar-refractivity contribution in [1.29, 1.82) is 0 Å². The molecule has 5 atom stereocenters. The molecular formula is C30H26O12.